The van der Waals surface area contributed by atoms with E-state index in [0.29, 0.717) is 31.5 Å². The molecule has 0 aliphatic carbocycles. The number of carboxylic acid groups (broad SMARTS) is 1. The van der Waals surface area contributed by atoms with E-state index in [1.54, 1.807) is 31.9 Å². The lowest BCUT2D eigenvalue weighted by Gasteiger charge is -2.35. The van der Waals surface area contributed by atoms with Gasteiger partial charge in [0.15, 0.2) is 0 Å². The van der Waals surface area contributed by atoms with Gasteiger partial charge in [-0.15, -0.1) is 0 Å². The van der Waals surface area contributed by atoms with Gasteiger partial charge in [0.1, 0.15) is 0 Å². The molecule has 1 aliphatic heterocycles. The number of aryl methyl sites for hydroxylation is 1. The number of benzene rings is 1. The second kappa shape index (κ2) is 8.81. The fourth-order valence-electron chi connectivity index (χ4n) is 3.21. The number of carbonyl (C=O) groups is 2. The average molecular weight is 398 g/mol. The Kier molecular flexibility index (Phi) is 6.96. The van der Waals surface area contributed by atoms with E-state index in [4.69, 9.17) is 9.84 Å². The zero-order valence-corrected chi connectivity index (χ0v) is 16.7. The molecule has 0 atom stereocenters. The number of ether oxygens (including phenoxy) is 1. The zero-order chi connectivity index (χ0) is 20.2. The summed E-state index contributed by atoms with van der Waals surface area (Å²) in [6.07, 6.45) is 1.11. The molecule has 1 aromatic carbocycles. The Morgan fingerprint density at radius 3 is 2.48 bits per heavy atom. The molecule has 9 heteroatoms. The lowest BCUT2D eigenvalue weighted by atomic mass is 10.1. The van der Waals surface area contributed by atoms with Gasteiger partial charge in [0.05, 0.1) is 23.6 Å². The molecule has 27 heavy (non-hydrogen) atoms. The lowest BCUT2D eigenvalue weighted by molar-refractivity contribution is -0.138. The van der Waals surface area contributed by atoms with E-state index in [2.05, 4.69) is 0 Å². The number of hydrogen-bond acceptors (Lipinski definition) is 6. The number of aliphatic carboxylic acids is 1. The maximum Gasteiger partial charge on any atom is 0.338 e. The van der Waals surface area contributed by atoms with Crippen molar-refractivity contribution in [3.63, 3.8) is 0 Å². The topological polar surface area (TPSA) is 104 Å². The van der Waals surface area contributed by atoms with Gasteiger partial charge < -0.3 is 9.84 Å². The number of likely N-dealkylation sites (N-methyl/N-ethyl adjacent to an activating group) is 1. The van der Waals surface area contributed by atoms with Gasteiger partial charge in [-0.3, -0.25) is 9.69 Å². The number of piperidine rings is 1. The second-order valence-corrected chi connectivity index (χ2v) is 8.58. The highest BCUT2D eigenvalue weighted by Crippen LogP contribution is 2.24. The predicted octanol–water partition coefficient (Wildman–Crippen LogP) is 1.34. The zero-order valence-electron chi connectivity index (χ0n) is 15.8. The van der Waals surface area contributed by atoms with Gasteiger partial charge in [-0.25, -0.2) is 13.2 Å². The van der Waals surface area contributed by atoms with Crippen molar-refractivity contribution in [2.45, 2.75) is 37.6 Å². The minimum Gasteiger partial charge on any atom is -0.480 e. The van der Waals surface area contributed by atoms with Gasteiger partial charge in [-0.05, 0) is 51.4 Å². The summed E-state index contributed by atoms with van der Waals surface area (Å²) in [5, 5.41) is 8.89. The summed E-state index contributed by atoms with van der Waals surface area (Å²) < 4.78 is 32.3. The van der Waals surface area contributed by atoms with Crippen LogP contribution in [0.1, 0.15) is 35.7 Å². The number of carbonyl (C=O) groups excluding carboxylic acids is 1. The third-order valence-electron chi connectivity index (χ3n) is 4.77. The second-order valence-electron chi connectivity index (χ2n) is 6.64. The molecular formula is C18H26N2O6S. The van der Waals surface area contributed by atoms with Crippen LogP contribution in [0.2, 0.25) is 0 Å². The van der Waals surface area contributed by atoms with Crippen molar-refractivity contribution in [2.75, 3.05) is 33.3 Å². The minimum absolute atomic E-state index is 0.0284. The maximum atomic E-state index is 13.0. The molecule has 0 unspecified atom stereocenters. The Morgan fingerprint density at radius 2 is 1.93 bits per heavy atom. The van der Waals surface area contributed by atoms with E-state index in [1.165, 1.54) is 16.4 Å². The van der Waals surface area contributed by atoms with Crippen LogP contribution in [-0.4, -0.2) is 74.0 Å². The van der Waals surface area contributed by atoms with Crippen molar-refractivity contribution < 1.29 is 27.9 Å². The van der Waals surface area contributed by atoms with E-state index in [0.717, 1.165) is 0 Å². The molecule has 0 saturated carbocycles. The first-order chi connectivity index (χ1) is 12.7. The molecule has 0 spiro atoms. The highest BCUT2D eigenvalue weighted by molar-refractivity contribution is 7.89. The Balaban J connectivity index is 2.14. The summed E-state index contributed by atoms with van der Waals surface area (Å²) in [4.78, 5) is 24.7. The summed E-state index contributed by atoms with van der Waals surface area (Å²) >= 11 is 0. The Hall–Kier alpha value is -1.97. The fraction of sp³-hybridized carbons (Fsp3) is 0.556. The number of nitrogens with zero attached hydrogens (tertiary/aromatic N) is 2. The molecule has 8 nitrogen and oxygen atoms in total. The van der Waals surface area contributed by atoms with Crippen LogP contribution in [0.5, 0.6) is 0 Å². The summed E-state index contributed by atoms with van der Waals surface area (Å²) in [6, 6.07) is 4.49. The number of esters is 1. The van der Waals surface area contributed by atoms with E-state index >= 15 is 0 Å². The van der Waals surface area contributed by atoms with E-state index in [1.807, 2.05) is 0 Å². The quantitative estimate of drug-likeness (QED) is 0.691. The normalized spacial score (nSPS) is 16.4. The molecule has 1 saturated heterocycles. The molecule has 1 aromatic rings. The molecule has 1 fully saturated rings. The first kappa shape index (κ1) is 21.3. The standard InChI is InChI=1S/C18H26N2O6S/c1-4-26-18(23)16-11-15(6-5-13(16)2)27(24,25)20-9-7-14(8-10-20)19(3)12-17(21)22/h5-6,11,14H,4,7-10,12H2,1-3H3,(H,21,22). The van der Waals surface area contributed by atoms with Crippen LogP contribution >= 0.6 is 0 Å². The van der Waals surface area contributed by atoms with Crippen LogP contribution in [0.4, 0.5) is 0 Å². The Bertz CT molecular complexity index is 800. The number of hydrogen-bond donors (Lipinski definition) is 1. The molecule has 0 aromatic heterocycles. The van der Waals surface area contributed by atoms with Gasteiger partial charge in [0, 0.05) is 19.1 Å². The summed E-state index contributed by atoms with van der Waals surface area (Å²) in [7, 11) is -2.00. The number of rotatable bonds is 7. The van der Waals surface area contributed by atoms with Gasteiger partial charge in [-0.2, -0.15) is 4.31 Å². The number of sulfonamides is 1. The highest BCUT2D eigenvalue weighted by Gasteiger charge is 2.31. The van der Waals surface area contributed by atoms with E-state index in [-0.39, 0.29) is 29.7 Å². The van der Waals surface area contributed by atoms with Crippen LogP contribution < -0.4 is 0 Å². The van der Waals surface area contributed by atoms with Gasteiger partial charge in [0.2, 0.25) is 10.0 Å². The van der Waals surface area contributed by atoms with E-state index < -0.39 is 22.0 Å². The van der Waals surface area contributed by atoms with Crippen molar-refractivity contribution in [1.29, 1.82) is 0 Å². The molecule has 1 heterocycles. The summed E-state index contributed by atoms with van der Waals surface area (Å²) in [5.74, 6) is -1.44. The van der Waals surface area contributed by atoms with Gasteiger partial charge >= 0.3 is 11.9 Å². The van der Waals surface area contributed by atoms with E-state index in [9.17, 15) is 18.0 Å². The van der Waals surface area contributed by atoms with Crippen LogP contribution in [0, 0.1) is 6.92 Å². The third-order valence-corrected chi connectivity index (χ3v) is 6.67. The van der Waals surface area contributed by atoms with Gasteiger partial charge in [0.25, 0.3) is 0 Å². The lowest BCUT2D eigenvalue weighted by Crippen LogP contribution is -2.46. The molecule has 1 aliphatic rings. The first-order valence-corrected chi connectivity index (χ1v) is 10.3. The highest BCUT2D eigenvalue weighted by atomic mass is 32.2. The van der Waals surface area contributed by atoms with Crippen LogP contribution in [-0.2, 0) is 19.6 Å². The fourth-order valence-corrected chi connectivity index (χ4v) is 4.70. The summed E-state index contributed by atoms with van der Waals surface area (Å²) in [5.41, 5.74) is 0.899. The van der Waals surface area contributed by atoms with Crippen molar-refractivity contribution >= 4 is 22.0 Å². The van der Waals surface area contributed by atoms with Crippen molar-refractivity contribution in [1.82, 2.24) is 9.21 Å². The van der Waals surface area contributed by atoms with Crippen molar-refractivity contribution in [3.05, 3.63) is 29.3 Å². The van der Waals surface area contributed by atoms with Crippen LogP contribution in [0.3, 0.4) is 0 Å². The smallest absolute Gasteiger partial charge is 0.338 e. The van der Waals surface area contributed by atoms with Crippen molar-refractivity contribution in [2.24, 2.45) is 0 Å². The minimum atomic E-state index is -3.73. The SMILES string of the molecule is CCOC(=O)c1cc(S(=O)(=O)N2CCC(N(C)CC(=O)O)CC2)ccc1C. The van der Waals surface area contributed by atoms with Crippen LogP contribution in [0.15, 0.2) is 23.1 Å². The van der Waals surface area contributed by atoms with Crippen LogP contribution in [0.25, 0.3) is 0 Å². The maximum absolute atomic E-state index is 13.0. The summed E-state index contributed by atoms with van der Waals surface area (Å²) in [6.45, 7) is 4.18. The number of carboxylic acids is 1. The Morgan fingerprint density at radius 1 is 1.30 bits per heavy atom. The molecule has 150 valence electrons. The average Bonchev–Trinajstić information content (AvgIpc) is 2.61. The first-order valence-electron chi connectivity index (χ1n) is 8.86. The van der Waals surface area contributed by atoms with Crippen molar-refractivity contribution in [3.8, 4) is 0 Å². The third kappa shape index (κ3) is 5.06. The van der Waals surface area contributed by atoms with Gasteiger partial charge in [-0.1, -0.05) is 6.07 Å². The predicted molar refractivity (Wildman–Crippen MR) is 99.2 cm³/mol. The molecule has 0 radical (unpaired) electrons. The molecule has 1 N–H and O–H groups in total. The largest absolute Gasteiger partial charge is 0.480 e. The molecule has 0 bridgehead atoms. The molecule has 2 rings (SSSR count). The molecule has 0 amide bonds. The Labute approximate surface area is 159 Å². The molecular weight excluding hydrogens is 372 g/mol. The monoisotopic (exact) mass is 398 g/mol.